The van der Waals surface area contributed by atoms with Crippen LogP contribution in [0.2, 0.25) is 0 Å². The molecule has 0 spiro atoms. The summed E-state index contributed by atoms with van der Waals surface area (Å²) in [6, 6.07) is 13.0. The first-order valence-corrected chi connectivity index (χ1v) is 10.6. The van der Waals surface area contributed by atoms with Crippen molar-refractivity contribution in [3.63, 3.8) is 0 Å². The fraction of sp³-hybridized carbons (Fsp3) is 0.208. The van der Waals surface area contributed by atoms with Gasteiger partial charge < -0.3 is 14.2 Å². The van der Waals surface area contributed by atoms with Gasteiger partial charge in [-0.25, -0.2) is 15.0 Å². The van der Waals surface area contributed by atoms with Crippen molar-refractivity contribution in [2.24, 2.45) is 5.10 Å². The number of aromatic nitrogens is 5. The van der Waals surface area contributed by atoms with E-state index >= 15 is 0 Å². The number of benzene rings is 2. The Morgan fingerprint density at radius 3 is 2.50 bits per heavy atom. The van der Waals surface area contributed by atoms with Gasteiger partial charge in [0.05, 0.1) is 44.6 Å². The van der Waals surface area contributed by atoms with Crippen LogP contribution in [0.25, 0.3) is 33.2 Å². The van der Waals surface area contributed by atoms with Crippen molar-refractivity contribution >= 4 is 39.4 Å². The summed E-state index contributed by atoms with van der Waals surface area (Å²) in [5.74, 6) is 1.12. The van der Waals surface area contributed by atoms with E-state index in [1.54, 1.807) is 33.6 Å². The van der Waals surface area contributed by atoms with Crippen LogP contribution in [0.4, 0.5) is 0 Å². The van der Waals surface area contributed by atoms with Crippen molar-refractivity contribution in [2.45, 2.75) is 6.54 Å². The van der Waals surface area contributed by atoms with Crippen molar-refractivity contribution < 1.29 is 14.2 Å². The van der Waals surface area contributed by atoms with Crippen molar-refractivity contribution in [1.82, 2.24) is 24.2 Å². The SMILES string of the molecule is COCCn1cnc2c(c1=O)c1nc3ccccc3nc1n2/N=C\c1cccc(OC)c1OC. The third-order valence-electron chi connectivity index (χ3n) is 5.49. The predicted molar refractivity (Wildman–Crippen MR) is 129 cm³/mol. The minimum Gasteiger partial charge on any atom is -0.493 e. The van der Waals surface area contributed by atoms with E-state index in [0.717, 1.165) is 0 Å². The Kier molecular flexibility index (Phi) is 5.64. The highest BCUT2D eigenvalue weighted by molar-refractivity contribution is 6.04. The molecule has 10 nitrogen and oxygen atoms in total. The second-order valence-electron chi connectivity index (χ2n) is 7.46. The van der Waals surface area contributed by atoms with Gasteiger partial charge in [0.2, 0.25) is 0 Å². The standard InChI is InChI=1S/C24H22N6O4/c1-32-12-11-29-14-25-22-19(24(29)31)20-23(28-17-9-5-4-8-16(17)27-20)30(22)26-13-15-7-6-10-18(33-2)21(15)34-3/h4-10,13-14H,11-12H2,1-3H3/b26-13-. The molecule has 0 fully saturated rings. The van der Waals surface area contributed by atoms with Crippen molar-refractivity contribution in [2.75, 3.05) is 27.9 Å². The highest BCUT2D eigenvalue weighted by Crippen LogP contribution is 2.30. The van der Waals surface area contributed by atoms with E-state index in [1.165, 1.54) is 15.6 Å². The number of para-hydroxylation sites is 3. The van der Waals surface area contributed by atoms with E-state index < -0.39 is 0 Å². The highest BCUT2D eigenvalue weighted by Gasteiger charge is 2.20. The van der Waals surface area contributed by atoms with Gasteiger partial charge in [-0.1, -0.05) is 18.2 Å². The molecule has 0 N–H and O–H groups in total. The maximum Gasteiger partial charge on any atom is 0.265 e. The number of hydrogen-bond acceptors (Lipinski definition) is 8. The lowest BCUT2D eigenvalue weighted by molar-refractivity contribution is 0.186. The van der Waals surface area contributed by atoms with Crippen LogP contribution in [0.3, 0.4) is 0 Å². The molecule has 0 bridgehead atoms. The molecular weight excluding hydrogens is 436 g/mol. The molecule has 5 aromatic rings. The summed E-state index contributed by atoms with van der Waals surface area (Å²) in [6.45, 7) is 0.754. The summed E-state index contributed by atoms with van der Waals surface area (Å²) >= 11 is 0. The van der Waals surface area contributed by atoms with Crippen LogP contribution < -0.4 is 15.0 Å². The molecule has 0 atom stereocenters. The lowest BCUT2D eigenvalue weighted by atomic mass is 10.2. The first kappa shape index (κ1) is 21.5. The number of rotatable bonds is 7. The Labute approximate surface area is 194 Å². The smallest absolute Gasteiger partial charge is 0.265 e. The van der Waals surface area contributed by atoms with Crippen molar-refractivity contribution in [3.05, 3.63) is 64.7 Å². The molecule has 0 aliphatic heterocycles. The molecule has 0 amide bonds. The lowest BCUT2D eigenvalue weighted by Crippen LogP contribution is -2.22. The van der Waals surface area contributed by atoms with Crippen LogP contribution in [0.15, 0.2) is 58.7 Å². The summed E-state index contributed by atoms with van der Waals surface area (Å²) in [5, 5.41) is 4.98. The Bertz CT molecular complexity index is 1600. The average molecular weight is 458 g/mol. The Morgan fingerprint density at radius 2 is 1.76 bits per heavy atom. The van der Waals surface area contributed by atoms with E-state index in [1.807, 2.05) is 36.4 Å². The monoisotopic (exact) mass is 458 g/mol. The molecule has 0 aliphatic carbocycles. The second-order valence-corrected chi connectivity index (χ2v) is 7.46. The van der Waals surface area contributed by atoms with Gasteiger partial charge in [-0.3, -0.25) is 9.36 Å². The molecular formula is C24H22N6O4. The first-order chi connectivity index (χ1) is 16.7. The van der Waals surface area contributed by atoms with Crippen LogP contribution in [-0.2, 0) is 11.3 Å². The molecule has 0 unspecified atom stereocenters. The van der Waals surface area contributed by atoms with Gasteiger partial charge in [0.25, 0.3) is 5.56 Å². The zero-order valence-corrected chi connectivity index (χ0v) is 18.9. The largest absolute Gasteiger partial charge is 0.493 e. The second kappa shape index (κ2) is 8.91. The summed E-state index contributed by atoms with van der Waals surface area (Å²) in [5.41, 5.74) is 3.06. The summed E-state index contributed by atoms with van der Waals surface area (Å²) in [4.78, 5) is 27.4. The zero-order valence-electron chi connectivity index (χ0n) is 18.9. The molecule has 2 aromatic carbocycles. The fourth-order valence-corrected chi connectivity index (χ4v) is 3.85. The Hall–Kier alpha value is -4.31. The molecule has 5 rings (SSSR count). The molecule has 3 aromatic heterocycles. The van der Waals surface area contributed by atoms with Gasteiger partial charge >= 0.3 is 0 Å². The van der Waals surface area contributed by atoms with Crippen LogP contribution in [-0.4, -0.2) is 58.3 Å². The van der Waals surface area contributed by atoms with E-state index in [2.05, 4.69) is 10.1 Å². The van der Waals surface area contributed by atoms with Crippen LogP contribution in [0.5, 0.6) is 11.5 Å². The van der Waals surface area contributed by atoms with Crippen molar-refractivity contribution in [1.29, 1.82) is 0 Å². The summed E-state index contributed by atoms with van der Waals surface area (Å²) in [7, 11) is 4.73. The van der Waals surface area contributed by atoms with Gasteiger partial charge in [-0.15, -0.1) is 0 Å². The minimum absolute atomic E-state index is 0.232. The molecule has 0 saturated carbocycles. The van der Waals surface area contributed by atoms with Gasteiger partial charge in [-0.2, -0.15) is 9.78 Å². The van der Waals surface area contributed by atoms with E-state index in [-0.39, 0.29) is 5.56 Å². The van der Waals surface area contributed by atoms with Gasteiger partial charge in [0, 0.05) is 12.7 Å². The number of fused-ring (bicyclic) bond motifs is 4. The predicted octanol–water partition coefficient (Wildman–Crippen LogP) is 2.84. The van der Waals surface area contributed by atoms with E-state index in [0.29, 0.717) is 63.4 Å². The molecule has 0 saturated heterocycles. The van der Waals surface area contributed by atoms with Crippen LogP contribution in [0, 0.1) is 0 Å². The number of nitrogens with zero attached hydrogens (tertiary/aromatic N) is 6. The fourth-order valence-electron chi connectivity index (χ4n) is 3.85. The normalized spacial score (nSPS) is 11.7. The number of ether oxygens (including phenoxy) is 3. The molecule has 0 radical (unpaired) electrons. The zero-order chi connectivity index (χ0) is 23.7. The van der Waals surface area contributed by atoms with Crippen LogP contribution >= 0.6 is 0 Å². The average Bonchev–Trinajstić information content (AvgIpc) is 3.18. The third kappa shape index (κ3) is 3.54. The third-order valence-corrected chi connectivity index (χ3v) is 5.49. The lowest BCUT2D eigenvalue weighted by Gasteiger charge is -2.09. The number of methoxy groups -OCH3 is 3. The molecule has 172 valence electrons. The van der Waals surface area contributed by atoms with Crippen LogP contribution in [0.1, 0.15) is 5.56 Å². The molecule has 0 aliphatic rings. The highest BCUT2D eigenvalue weighted by atomic mass is 16.5. The van der Waals surface area contributed by atoms with E-state index in [9.17, 15) is 4.79 Å². The van der Waals surface area contributed by atoms with Gasteiger partial charge in [0.15, 0.2) is 22.8 Å². The molecule has 34 heavy (non-hydrogen) atoms. The quantitative estimate of drug-likeness (QED) is 0.345. The topological polar surface area (TPSA) is 106 Å². The number of hydrogen-bond donors (Lipinski definition) is 0. The van der Waals surface area contributed by atoms with E-state index in [4.69, 9.17) is 24.2 Å². The molecule has 3 heterocycles. The first-order valence-electron chi connectivity index (χ1n) is 10.6. The Morgan fingerprint density at radius 1 is 0.971 bits per heavy atom. The van der Waals surface area contributed by atoms with Gasteiger partial charge in [0.1, 0.15) is 17.2 Å². The van der Waals surface area contributed by atoms with Gasteiger partial charge in [-0.05, 0) is 24.3 Å². The Balaban J connectivity index is 1.78. The molecule has 10 heteroatoms. The summed E-state index contributed by atoms with van der Waals surface area (Å²) < 4.78 is 19.0. The summed E-state index contributed by atoms with van der Waals surface area (Å²) in [6.07, 6.45) is 3.11. The maximum atomic E-state index is 13.4. The minimum atomic E-state index is -0.232. The maximum absolute atomic E-state index is 13.4. The van der Waals surface area contributed by atoms with Crippen molar-refractivity contribution in [3.8, 4) is 11.5 Å².